The van der Waals surface area contributed by atoms with Crippen LogP contribution in [0.5, 0.6) is 0 Å². The van der Waals surface area contributed by atoms with Crippen LogP contribution in [-0.2, 0) is 9.53 Å². The first-order chi connectivity index (χ1) is 10.9. The van der Waals surface area contributed by atoms with Crippen molar-refractivity contribution in [3.63, 3.8) is 0 Å². The van der Waals surface area contributed by atoms with E-state index in [1.54, 1.807) is 11.8 Å². The number of non-ortho nitro benzene ring substituents is 1. The number of nitrogens with zero attached hydrogens (tertiary/aromatic N) is 2. The van der Waals surface area contributed by atoms with Gasteiger partial charge in [0.15, 0.2) is 0 Å². The van der Waals surface area contributed by atoms with Crippen LogP contribution in [-0.4, -0.2) is 41.4 Å². The Morgan fingerprint density at radius 2 is 2.04 bits per heavy atom. The second-order valence-corrected chi connectivity index (χ2v) is 5.65. The molecule has 0 radical (unpaired) electrons. The van der Waals surface area contributed by atoms with Crippen molar-refractivity contribution in [2.45, 2.75) is 19.8 Å². The van der Waals surface area contributed by atoms with Crippen molar-refractivity contribution < 1.29 is 19.2 Å². The average Bonchev–Trinajstić information content (AvgIpc) is 2.54. The van der Waals surface area contributed by atoms with Crippen LogP contribution in [0, 0.1) is 16.0 Å². The van der Waals surface area contributed by atoms with E-state index in [4.69, 9.17) is 16.3 Å². The van der Waals surface area contributed by atoms with Gasteiger partial charge in [-0.25, -0.2) is 0 Å². The first-order valence-corrected chi connectivity index (χ1v) is 7.71. The number of likely N-dealkylation sites (tertiary alicyclic amines) is 1. The number of amides is 1. The summed E-state index contributed by atoms with van der Waals surface area (Å²) in [5, 5.41) is 10.7. The number of hydrogen-bond donors (Lipinski definition) is 0. The molecule has 0 aromatic heterocycles. The summed E-state index contributed by atoms with van der Waals surface area (Å²) in [6.07, 6.45) is 1.07. The monoisotopic (exact) mass is 340 g/mol. The Labute approximate surface area is 138 Å². The number of carbonyl (C=O) groups excluding carboxylic acids is 2. The Morgan fingerprint density at radius 3 is 2.57 bits per heavy atom. The van der Waals surface area contributed by atoms with Crippen LogP contribution in [0.25, 0.3) is 0 Å². The predicted octanol–water partition coefficient (Wildman–Crippen LogP) is 2.66. The van der Waals surface area contributed by atoms with E-state index in [-0.39, 0.29) is 34.1 Å². The van der Waals surface area contributed by atoms with Gasteiger partial charge in [-0.2, -0.15) is 0 Å². The number of nitro benzene ring substituents is 1. The summed E-state index contributed by atoms with van der Waals surface area (Å²) in [5.41, 5.74) is 0.0689. The summed E-state index contributed by atoms with van der Waals surface area (Å²) in [4.78, 5) is 35.9. The highest BCUT2D eigenvalue weighted by atomic mass is 35.5. The summed E-state index contributed by atoms with van der Waals surface area (Å²) in [5.74, 6) is -0.702. The van der Waals surface area contributed by atoms with Gasteiger partial charge in [0.05, 0.1) is 28.0 Å². The van der Waals surface area contributed by atoms with Crippen molar-refractivity contribution in [3.8, 4) is 0 Å². The van der Waals surface area contributed by atoms with Crippen molar-refractivity contribution in [2.75, 3.05) is 19.7 Å². The predicted molar refractivity (Wildman–Crippen MR) is 83.4 cm³/mol. The van der Waals surface area contributed by atoms with Gasteiger partial charge in [0.2, 0.25) is 0 Å². The van der Waals surface area contributed by atoms with Gasteiger partial charge in [-0.1, -0.05) is 11.6 Å². The minimum atomic E-state index is -0.565. The molecular weight excluding hydrogens is 324 g/mol. The lowest BCUT2D eigenvalue weighted by Crippen LogP contribution is -2.40. The molecule has 1 aliphatic heterocycles. The number of ether oxygens (including phenoxy) is 1. The number of piperidine rings is 1. The minimum Gasteiger partial charge on any atom is -0.466 e. The second kappa shape index (κ2) is 7.41. The molecule has 0 unspecified atom stereocenters. The van der Waals surface area contributed by atoms with Crippen LogP contribution in [0.4, 0.5) is 5.69 Å². The Hall–Kier alpha value is -2.15. The molecule has 1 aromatic rings. The van der Waals surface area contributed by atoms with E-state index >= 15 is 0 Å². The Kier molecular flexibility index (Phi) is 5.54. The average molecular weight is 341 g/mol. The van der Waals surface area contributed by atoms with Gasteiger partial charge in [0, 0.05) is 25.2 Å². The number of nitro groups is 1. The zero-order valence-corrected chi connectivity index (χ0v) is 13.4. The Morgan fingerprint density at radius 1 is 1.39 bits per heavy atom. The molecule has 1 aliphatic rings. The van der Waals surface area contributed by atoms with E-state index in [0.717, 1.165) is 0 Å². The summed E-state index contributed by atoms with van der Waals surface area (Å²) in [6.45, 7) is 2.95. The van der Waals surface area contributed by atoms with Crippen LogP contribution >= 0.6 is 11.6 Å². The number of hydrogen-bond acceptors (Lipinski definition) is 5. The van der Waals surface area contributed by atoms with E-state index in [1.807, 2.05) is 0 Å². The standard InChI is InChI=1S/C15H17ClN2O5/c1-2-23-15(20)10-5-7-17(8-6-10)14(19)12-4-3-11(18(21)22)9-13(12)16/h3-4,9-10H,2,5-8H2,1H3. The van der Waals surface area contributed by atoms with Gasteiger partial charge >= 0.3 is 5.97 Å². The SMILES string of the molecule is CCOC(=O)C1CCN(C(=O)c2ccc([N+](=O)[O-])cc2Cl)CC1. The number of halogens is 1. The van der Waals surface area contributed by atoms with Gasteiger partial charge in [-0.15, -0.1) is 0 Å². The van der Waals surface area contributed by atoms with E-state index < -0.39 is 4.92 Å². The molecule has 8 heteroatoms. The normalized spacial score (nSPS) is 15.3. The largest absolute Gasteiger partial charge is 0.466 e. The maximum Gasteiger partial charge on any atom is 0.309 e. The van der Waals surface area contributed by atoms with Crippen molar-refractivity contribution in [2.24, 2.45) is 5.92 Å². The molecule has 124 valence electrons. The molecule has 1 saturated heterocycles. The fourth-order valence-electron chi connectivity index (χ4n) is 2.54. The van der Waals surface area contributed by atoms with Crippen LogP contribution < -0.4 is 0 Å². The van der Waals surface area contributed by atoms with Gasteiger partial charge in [0.1, 0.15) is 0 Å². The zero-order valence-electron chi connectivity index (χ0n) is 12.7. The molecule has 0 aliphatic carbocycles. The summed E-state index contributed by atoms with van der Waals surface area (Å²) in [6, 6.07) is 3.78. The highest BCUT2D eigenvalue weighted by Crippen LogP contribution is 2.26. The van der Waals surface area contributed by atoms with Crippen molar-refractivity contribution in [1.29, 1.82) is 0 Å². The minimum absolute atomic E-state index is 0.0525. The number of rotatable bonds is 4. The maximum absolute atomic E-state index is 12.5. The number of benzene rings is 1. The molecule has 0 atom stereocenters. The fourth-order valence-corrected chi connectivity index (χ4v) is 2.80. The maximum atomic E-state index is 12.5. The third-order valence-corrected chi connectivity index (χ3v) is 4.11. The first-order valence-electron chi connectivity index (χ1n) is 7.34. The molecule has 0 bridgehead atoms. The molecule has 0 saturated carbocycles. The third-order valence-electron chi connectivity index (χ3n) is 3.80. The Balaban J connectivity index is 2.03. The smallest absolute Gasteiger partial charge is 0.309 e. The zero-order chi connectivity index (χ0) is 17.0. The molecule has 1 fully saturated rings. The molecule has 7 nitrogen and oxygen atoms in total. The van der Waals surface area contributed by atoms with Gasteiger partial charge in [-0.3, -0.25) is 19.7 Å². The van der Waals surface area contributed by atoms with Crippen molar-refractivity contribution in [1.82, 2.24) is 4.90 Å². The third kappa shape index (κ3) is 3.98. The van der Waals surface area contributed by atoms with Crippen molar-refractivity contribution >= 4 is 29.2 Å². The van der Waals surface area contributed by atoms with Crippen molar-refractivity contribution in [3.05, 3.63) is 38.9 Å². The first kappa shape index (κ1) is 17.2. The van der Waals surface area contributed by atoms with E-state index in [9.17, 15) is 19.7 Å². The fraction of sp³-hybridized carbons (Fsp3) is 0.467. The summed E-state index contributed by atoms with van der Waals surface area (Å²) in [7, 11) is 0. The van der Waals surface area contributed by atoms with E-state index in [1.165, 1.54) is 18.2 Å². The van der Waals surface area contributed by atoms with Gasteiger partial charge in [-0.05, 0) is 25.8 Å². The topological polar surface area (TPSA) is 89.8 Å². The lowest BCUT2D eigenvalue weighted by Gasteiger charge is -2.31. The van der Waals surface area contributed by atoms with Crippen LogP contribution in [0.15, 0.2) is 18.2 Å². The number of carbonyl (C=O) groups is 2. The molecule has 1 heterocycles. The summed E-state index contributed by atoms with van der Waals surface area (Å²) >= 11 is 5.98. The molecule has 1 amide bonds. The lowest BCUT2D eigenvalue weighted by molar-refractivity contribution is -0.384. The highest BCUT2D eigenvalue weighted by Gasteiger charge is 2.29. The molecule has 0 spiro atoms. The van der Waals surface area contributed by atoms with E-state index in [0.29, 0.717) is 32.5 Å². The van der Waals surface area contributed by atoms with Crippen LogP contribution in [0.1, 0.15) is 30.1 Å². The summed E-state index contributed by atoms with van der Waals surface area (Å²) < 4.78 is 4.99. The van der Waals surface area contributed by atoms with Crippen LogP contribution in [0.3, 0.4) is 0 Å². The number of esters is 1. The Bertz CT molecular complexity index is 626. The highest BCUT2D eigenvalue weighted by molar-refractivity contribution is 6.34. The lowest BCUT2D eigenvalue weighted by atomic mass is 9.96. The molecule has 2 rings (SSSR count). The molecule has 23 heavy (non-hydrogen) atoms. The molecule has 0 N–H and O–H groups in total. The molecular formula is C15H17ClN2O5. The quantitative estimate of drug-likeness (QED) is 0.477. The van der Waals surface area contributed by atoms with Gasteiger partial charge < -0.3 is 9.64 Å². The second-order valence-electron chi connectivity index (χ2n) is 5.24. The van der Waals surface area contributed by atoms with E-state index in [2.05, 4.69) is 0 Å². The molecule has 1 aromatic carbocycles. The van der Waals surface area contributed by atoms with Crippen LogP contribution in [0.2, 0.25) is 5.02 Å². The van der Waals surface area contributed by atoms with Gasteiger partial charge in [0.25, 0.3) is 11.6 Å².